The van der Waals surface area contributed by atoms with Crippen molar-refractivity contribution < 1.29 is 19.4 Å². The number of carboxylic acid groups (broad SMARTS) is 1. The second-order valence-corrected chi connectivity index (χ2v) is 6.94. The predicted octanol–water partition coefficient (Wildman–Crippen LogP) is 4.16. The van der Waals surface area contributed by atoms with Crippen LogP contribution in [0.1, 0.15) is 36.8 Å². The van der Waals surface area contributed by atoms with E-state index in [1.54, 1.807) is 0 Å². The third kappa shape index (κ3) is 4.04. The van der Waals surface area contributed by atoms with Crippen molar-refractivity contribution in [3.05, 3.63) is 59.7 Å². The molecule has 0 spiro atoms. The Labute approximate surface area is 153 Å². The number of nitrogens with one attached hydrogen (secondary N) is 1. The van der Waals surface area contributed by atoms with Gasteiger partial charge in [0.05, 0.1) is 11.1 Å². The lowest BCUT2D eigenvalue weighted by molar-refractivity contribution is -0.157. The molecule has 0 heterocycles. The Bertz CT molecular complexity index is 797. The van der Waals surface area contributed by atoms with Crippen LogP contribution in [-0.2, 0) is 16.2 Å². The second-order valence-electron chi connectivity index (χ2n) is 6.94. The number of carbonyl (C=O) groups is 2. The van der Waals surface area contributed by atoms with Crippen LogP contribution < -0.4 is 10.1 Å². The number of aliphatic carboxylic acids is 1. The molecule has 2 N–H and O–H groups in total. The summed E-state index contributed by atoms with van der Waals surface area (Å²) in [5.41, 5.74) is 1.69. The minimum Gasteiger partial charge on any atom is -0.487 e. The summed E-state index contributed by atoms with van der Waals surface area (Å²) in [6.45, 7) is 2.33. The molecule has 5 nitrogen and oxygen atoms in total. The topological polar surface area (TPSA) is 75.6 Å². The summed E-state index contributed by atoms with van der Waals surface area (Å²) >= 11 is 0. The van der Waals surface area contributed by atoms with E-state index < -0.39 is 11.4 Å². The van der Waals surface area contributed by atoms with Crippen molar-refractivity contribution in [2.75, 3.05) is 5.32 Å². The number of hydrogen-bond acceptors (Lipinski definition) is 3. The van der Waals surface area contributed by atoms with Gasteiger partial charge in [0.15, 0.2) is 0 Å². The fourth-order valence-electron chi connectivity index (χ4n) is 3.17. The molecule has 3 rings (SSSR count). The molecule has 2 aromatic rings. The van der Waals surface area contributed by atoms with Gasteiger partial charge in [0.2, 0.25) is 5.91 Å². The Morgan fingerprint density at radius 1 is 1.15 bits per heavy atom. The molecule has 26 heavy (non-hydrogen) atoms. The number of rotatable bonds is 7. The van der Waals surface area contributed by atoms with Crippen molar-refractivity contribution in [3.8, 4) is 5.75 Å². The lowest BCUT2D eigenvalue weighted by atomic mass is 9.66. The highest BCUT2D eigenvalue weighted by atomic mass is 16.5. The zero-order chi connectivity index (χ0) is 18.6. The molecule has 0 radical (unpaired) electrons. The molecule has 1 fully saturated rings. The molecule has 0 aliphatic heterocycles. The van der Waals surface area contributed by atoms with Crippen molar-refractivity contribution in [1.82, 2.24) is 0 Å². The van der Waals surface area contributed by atoms with E-state index in [1.807, 2.05) is 55.5 Å². The smallest absolute Gasteiger partial charge is 0.310 e. The number of amides is 1. The third-order valence-electron chi connectivity index (χ3n) is 4.91. The summed E-state index contributed by atoms with van der Waals surface area (Å²) in [4.78, 5) is 23.9. The van der Waals surface area contributed by atoms with Gasteiger partial charge in [0.25, 0.3) is 0 Å². The molecule has 0 saturated heterocycles. The molecule has 1 saturated carbocycles. The van der Waals surface area contributed by atoms with Crippen LogP contribution in [0, 0.1) is 12.3 Å². The molecule has 0 bridgehead atoms. The third-order valence-corrected chi connectivity index (χ3v) is 4.91. The van der Waals surface area contributed by atoms with E-state index in [2.05, 4.69) is 5.32 Å². The zero-order valence-electron chi connectivity index (χ0n) is 14.8. The van der Waals surface area contributed by atoms with E-state index in [-0.39, 0.29) is 12.3 Å². The van der Waals surface area contributed by atoms with Gasteiger partial charge in [-0.05, 0) is 43.0 Å². The van der Waals surface area contributed by atoms with Gasteiger partial charge in [0, 0.05) is 6.42 Å². The minimum atomic E-state index is -0.904. The van der Waals surface area contributed by atoms with Crippen molar-refractivity contribution in [2.24, 2.45) is 5.41 Å². The standard InChI is InChI=1S/C21H23NO4/c1-15-8-9-18(26-14-16-6-3-2-4-7-16)17(12-15)22-19(23)13-21(20(24)25)10-5-11-21/h2-4,6-9,12H,5,10-11,13-14H2,1H3,(H,22,23)(H,24,25). The second kappa shape index (κ2) is 7.60. The van der Waals surface area contributed by atoms with Crippen LogP contribution >= 0.6 is 0 Å². The first kappa shape index (κ1) is 18.0. The lowest BCUT2D eigenvalue weighted by Crippen LogP contribution is -2.41. The van der Waals surface area contributed by atoms with E-state index >= 15 is 0 Å². The minimum absolute atomic E-state index is 0.00556. The Balaban J connectivity index is 1.69. The molecule has 0 aromatic heterocycles. The number of ether oxygens (including phenoxy) is 1. The van der Waals surface area contributed by atoms with Gasteiger partial charge >= 0.3 is 5.97 Å². The maximum atomic E-state index is 12.4. The van der Waals surface area contributed by atoms with Crippen LogP contribution in [0.2, 0.25) is 0 Å². The molecular weight excluding hydrogens is 330 g/mol. The van der Waals surface area contributed by atoms with E-state index in [9.17, 15) is 14.7 Å². The van der Waals surface area contributed by atoms with Gasteiger partial charge in [-0.25, -0.2) is 0 Å². The normalized spacial score (nSPS) is 15.0. The molecule has 1 aliphatic carbocycles. The van der Waals surface area contributed by atoms with Crippen molar-refractivity contribution in [2.45, 2.75) is 39.2 Å². The Hall–Kier alpha value is -2.82. The lowest BCUT2D eigenvalue weighted by Gasteiger charge is -2.36. The zero-order valence-corrected chi connectivity index (χ0v) is 14.8. The highest BCUT2D eigenvalue weighted by Gasteiger charge is 2.45. The van der Waals surface area contributed by atoms with Gasteiger partial charge in [-0.3, -0.25) is 9.59 Å². The summed E-state index contributed by atoms with van der Waals surface area (Å²) in [7, 11) is 0. The fourth-order valence-corrected chi connectivity index (χ4v) is 3.17. The van der Waals surface area contributed by atoms with Gasteiger partial charge in [-0.1, -0.05) is 42.8 Å². The summed E-state index contributed by atoms with van der Waals surface area (Å²) in [6.07, 6.45) is 1.96. The number of carboxylic acids is 1. The molecule has 0 atom stereocenters. The number of anilines is 1. The molecule has 5 heteroatoms. The van der Waals surface area contributed by atoms with Crippen LogP contribution in [0.3, 0.4) is 0 Å². The summed E-state index contributed by atoms with van der Waals surface area (Å²) < 4.78 is 5.87. The Kier molecular flexibility index (Phi) is 5.26. The number of aryl methyl sites for hydroxylation is 1. The van der Waals surface area contributed by atoms with Gasteiger partial charge < -0.3 is 15.2 Å². The highest BCUT2D eigenvalue weighted by molar-refractivity contribution is 5.95. The van der Waals surface area contributed by atoms with Crippen LogP contribution in [-0.4, -0.2) is 17.0 Å². The maximum Gasteiger partial charge on any atom is 0.310 e. The van der Waals surface area contributed by atoms with E-state index in [4.69, 9.17) is 4.74 Å². The van der Waals surface area contributed by atoms with Gasteiger partial charge in [-0.15, -0.1) is 0 Å². The van der Waals surface area contributed by atoms with Crippen molar-refractivity contribution in [1.29, 1.82) is 0 Å². The van der Waals surface area contributed by atoms with Crippen LogP contribution in [0.25, 0.3) is 0 Å². The van der Waals surface area contributed by atoms with E-state index in [0.29, 0.717) is 30.9 Å². The van der Waals surface area contributed by atoms with E-state index in [0.717, 1.165) is 17.5 Å². The van der Waals surface area contributed by atoms with Crippen LogP contribution in [0.5, 0.6) is 5.75 Å². The summed E-state index contributed by atoms with van der Waals surface area (Å²) in [6, 6.07) is 15.4. The van der Waals surface area contributed by atoms with Gasteiger partial charge in [0.1, 0.15) is 12.4 Å². The first-order valence-corrected chi connectivity index (χ1v) is 8.79. The molecular formula is C21H23NO4. The predicted molar refractivity (Wildman–Crippen MR) is 99.1 cm³/mol. The number of hydrogen-bond donors (Lipinski definition) is 2. The monoisotopic (exact) mass is 353 g/mol. The van der Waals surface area contributed by atoms with Crippen molar-refractivity contribution in [3.63, 3.8) is 0 Å². The van der Waals surface area contributed by atoms with E-state index in [1.165, 1.54) is 0 Å². The summed E-state index contributed by atoms with van der Waals surface area (Å²) in [5.74, 6) is -0.600. The molecule has 0 unspecified atom stereocenters. The number of benzene rings is 2. The molecule has 2 aromatic carbocycles. The fraction of sp³-hybridized carbons (Fsp3) is 0.333. The Morgan fingerprint density at radius 2 is 1.88 bits per heavy atom. The maximum absolute atomic E-state index is 12.4. The first-order chi connectivity index (χ1) is 12.5. The highest BCUT2D eigenvalue weighted by Crippen LogP contribution is 2.44. The molecule has 136 valence electrons. The van der Waals surface area contributed by atoms with Gasteiger partial charge in [-0.2, -0.15) is 0 Å². The van der Waals surface area contributed by atoms with Crippen molar-refractivity contribution >= 4 is 17.6 Å². The molecule has 1 aliphatic rings. The summed E-state index contributed by atoms with van der Waals surface area (Å²) in [5, 5.41) is 12.2. The SMILES string of the molecule is Cc1ccc(OCc2ccccc2)c(NC(=O)CC2(C(=O)O)CCC2)c1. The quantitative estimate of drug-likeness (QED) is 0.784. The first-order valence-electron chi connectivity index (χ1n) is 8.79. The van der Waals surface area contributed by atoms with Crippen LogP contribution in [0.15, 0.2) is 48.5 Å². The largest absolute Gasteiger partial charge is 0.487 e. The Morgan fingerprint density at radius 3 is 2.50 bits per heavy atom. The average Bonchev–Trinajstić information content (AvgIpc) is 2.58. The average molecular weight is 353 g/mol. The number of carbonyl (C=O) groups excluding carboxylic acids is 1. The van der Waals surface area contributed by atoms with Crippen LogP contribution in [0.4, 0.5) is 5.69 Å². The molecule has 1 amide bonds.